The minimum atomic E-state index is -3.87. The molecule has 1 aliphatic rings. The molecule has 0 bridgehead atoms. The second-order valence-corrected chi connectivity index (χ2v) is 7.12. The first-order valence-corrected chi connectivity index (χ1v) is 8.41. The highest BCUT2D eigenvalue weighted by Crippen LogP contribution is 2.36. The molecule has 1 aliphatic heterocycles. The smallest absolute Gasteiger partial charge is 0.346 e. The minimum Gasteiger partial charge on any atom is -0.478 e. The Morgan fingerprint density at radius 3 is 2.48 bits per heavy atom. The lowest BCUT2D eigenvalue weighted by atomic mass is 10.2. The molecule has 0 radical (unpaired) electrons. The van der Waals surface area contributed by atoms with Crippen LogP contribution in [0.3, 0.4) is 0 Å². The van der Waals surface area contributed by atoms with Crippen LogP contribution < -0.4 is 9.04 Å². The highest BCUT2D eigenvalue weighted by Gasteiger charge is 2.37. The molecular formula is C16H15NO5S. The van der Waals surface area contributed by atoms with E-state index >= 15 is 0 Å². The fourth-order valence-electron chi connectivity index (χ4n) is 2.40. The van der Waals surface area contributed by atoms with Crippen molar-refractivity contribution < 1.29 is 23.1 Å². The van der Waals surface area contributed by atoms with E-state index in [-0.39, 0.29) is 17.2 Å². The quantitative estimate of drug-likeness (QED) is 0.929. The van der Waals surface area contributed by atoms with E-state index in [9.17, 15) is 18.3 Å². The Balaban J connectivity index is 2.10. The number of ether oxygens (including phenoxy) is 1. The third-order valence-corrected chi connectivity index (χ3v) is 5.41. The maximum absolute atomic E-state index is 12.9. The average molecular weight is 333 g/mol. The van der Waals surface area contributed by atoms with Crippen molar-refractivity contribution in [3.63, 3.8) is 0 Å². The average Bonchev–Trinajstić information content (AvgIpc) is 2.54. The van der Waals surface area contributed by atoms with Gasteiger partial charge in [-0.3, -0.25) is 4.31 Å². The zero-order valence-electron chi connectivity index (χ0n) is 12.3. The van der Waals surface area contributed by atoms with Crippen molar-refractivity contribution in [2.75, 3.05) is 10.8 Å². The van der Waals surface area contributed by atoms with E-state index in [1.54, 1.807) is 36.4 Å². The van der Waals surface area contributed by atoms with Crippen molar-refractivity contribution in [2.24, 2.45) is 0 Å². The monoisotopic (exact) mass is 333 g/mol. The van der Waals surface area contributed by atoms with Gasteiger partial charge in [-0.15, -0.1) is 0 Å². The summed E-state index contributed by atoms with van der Waals surface area (Å²) >= 11 is 0. The molecule has 0 unspecified atom stereocenters. The topological polar surface area (TPSA) is 83.9 Å². The molecule has 0 saturated carbocycles. The van der Waals surface area contributed by atoms with Crippen molar-refractivity contribution in [3.05, 3.63) is 54.1 Å². The lowest BCUT2D eigenvalue weighted by molar-refractivity contribution is -0.144. The molecule has 0 amide bonds. The number of sulfonamides is 1. The first-order valence-electron chi connectivity index (χ1n) is 6.97. The summed E-state index contributed by atoms with van der Waals surface area (Å²) in [5.41, 5.74) is 1.28. The zero-order chi connectivity index (χ0) is 16.6. The maximum atomic E-state index is 12.9. The van der Waals surface area contributed by atoms with Gasteiger partial charge in [0.1, 0.15) is 5.75 Å². The Bertz CT molecular complexity index is 845. The first-order chi connectivity index (χ1) is 10.9. The number of carboxylic acids is 1. The molecular weight excluding hydrogens is 318 g/mol. The SMILES string of the molecule is Cc1ccc(S(=O)(=O)N2C[C@H](C(=O)O)Oc3ccccc32)cc1. The van der Waals surface area contributed by atoms with E-state index in [4.69, 9.17) is 4.74 Å². The number of para-hydroxylation sites is 2. The summed E-state index contributed by atoms with van der Waals surface area (Å²) in [7, 11) is -3.87. The van der Waals surface area contributed by atoms with Gasteiger partial charge in [-0.2, -0.15) is 0 Å². The molecule has 1 N–H and O–H groups in total. The van der Waals surface area contributed by atoms with Gasteiger partial charge in [0, 0.05) is 0 Å². The predicted octanol–water partition coefficient (Wildman–Crippen LogP) is 2.04. The molecule has 1 heterocycles. The molecule has 1 atom stereocenters. The Morgan fingerprint density at radius 2 is 1.83 bits per heavy atom. The number of nitrogens with zero attached hydrogens (tertiary/aromatic N) is 1. The molecule has 0 fully saturated rings. The van der Waals surface area contributed by atoms with Crippen LogP contribution in [0.4, 0.5) is 5.69 Å². The molecule has 120 valence electrons. The van der Waals surface area contributed by atoms with Crippen LogP contribution in [0.1, 0.15) is 5.56 Å². The molecule has 0 spiro atoms. The van der Waals surface area contributed by atoms with Gasteiger partial charge < -0.3 is 9.84 Å². The van der Waals surface area contributed by atoms with E-state index in [1.807, 2.05) is 6.92 Å². The van der Waals surface area contributed by atoms with Crippen LogP contribution >= 0.6 is 0 Å². The molecule has 3 rings (SSSR count). The second-order valence-electron chi connectivity index (χ2n) is 5.26. The van der Waals surface area contributed by atoms with Crippen LogP contribution in [-0.2, 0) is 14.8 Å². The highest BCUT2D eigenvalue weighted by molar-refractivity contribution is 7.92. The number of carboxylic acid groups (broad SMARTS) is 1. The zero-order valence-corrected chi connectivity index (χ0v) is 13.2. The van der Waals surface area contributed by atoms with Crippen molar-refractivity contribution in [1.82, 2.24) is 0 Å². The third kappa shape index (κ3) is 2.75. The lowest BCUT2D eigenvalue weighted by Gasteiger charge is -2.33. The van der Waals surface area contributed by atoms with Crippen LogP contribution in [0, 0.1) is 6.92 Å². The number of fused-ring (bicyclic) bond motifs is 1. The number of benzene rings is 2. The van der Waals surface area contributed by atoms with Gasteiger partial charge in [-0.1, -0.05) is 29.8 Å². The minimum absolute atomic E-state index is 0.115. The Morgan fingerprint density at radius 1 is 1.17 bits per heavy atom. The van der Waals surface area contributed by atoms with Crippen molar-refractivity contribution in [1.29, 1.82) is 0 Å². The van der Waals surface area contributed by atoms with Gasteiger partial charge in [0.25, 0.3) is 10.0 Å². The predicted molar refractivity (Wildman–Crippen MR) is 84.2 cm³/mol. The highest BCUT2D eigenvalue weighted by atomic mass is 32.2. The Labute approximate surface area is 134 Å². The fourth-order valence-corrected chi connectivity index (χ4v) is 3.87. The van der Waals surface area contributed by atoms with Gasteiger partial charge in [-0.25, -0.2) is 13.2 Å². The number of aliphatic carboxylic acids is 1. The Kier molecular flexibility index (Phi) is 3.73. The number of hydrogen-bond acceptors (Lipinski definition) is 4. The largest absolute Gasteiger partial charge is 0.478 e. The third-order valence-electron chi connectivity index (χ3n) is 3.62. The van der Waals surface area contributed by atoms with Crippen molar-refractivity contribution >= 4 is 21.7 Å². The molecule has 2 aromatic carbocycles. The summed E-state index contributed by atoms with van der Waals surface area (Å²) in [6.45, 7) is 1.59. The molecule has 6 nitrogen and oxygen atoms in total. The Hall–Kier alpha value is -2.54. The molecule has 2 aromatic rings. The van der Waals surface area contributed by atoms with Crippen LogP contribution in [0.2, 0.25) is 0 Å². The fraction of sp³-hybridized carbons (Fsp3) is 0.188. The van der Waals surface area contributed by atoms with Crippen LogP contribution in [0.5, 0.6) is 5.75 Å². The van der Waals surface area contributed by atoms with Crippen LogP contribution in [0.15, 0.2) is 53.4 Å². The molecule has 23 heavy (non-hydrogen) atoms. The number of anilines is 1. The summed E-state index contributed by atoms with van der Waals surface area (Å²) in [4.78, 5) is 11.4. The van der Waals surface area contributed by atoms with E-state index in [2.05, 4.69) is 0 Å². The maximum Gasteiger partial charge on any atom is 0.346 e. The molecule has 0 aromatic heterocycles. The summed E-state index contributed by atoms with van der Waals surface area (Å²) in [6, 6.07) is 12.9. The number of rotatable bonds is 3. The van der Waals surface area contributed by atoms with Gasteiger partial charge >= 0.3 is 5.97 Å². The summed E-state index contributed by atoms with van der Waals surface area (Å²) < 4.78 is 32.3. The number of carbonyl (C=O) groups is 1. The summed E-state index contributed by atoms with van der Waals surface area (Å²) in [5, 5.41) is 9.21. The number of aryl methyl sites for hydroxylation is 1. The first kappa shape index (κ1) is 15.4. The summed E-state index contributed by atoms with van der Waals surface area (Å²) in [5.74, 6) is -0.967. The molecule has 0 saturated heterocycles. The van der Waals surface area contributed by atoms with Crippen LogP contribution in [0.25, 0.3) is 0 Å². The van der Waals surface area contributed by atoms with E-state index in [0.29, 0.717) is 5.69 Å². The van der Waals surface area contributed by atoms with Crippen molar-refractivity contribution in [3.8, 4) is 5.75 Å². The lowest BCUT2D eigenvalue weighted by Crippen LogP contribution is -2.47. The van der Waals surface area contributed by atoms with E-state index in [0.717, 1.165) is 9.87 Å². The van der Waals surface area contributed by atoms with E-state index in [1.165, 1.54) is 12.1 Å². The van der Waals surface area contributed by atoms with Crippen LogP contribution in [-0.4, -0.2) is 32.1 Å². The standard InChI is InChI=1S/C16H15NO5S/c1-11-6-8-12(9-7-11)23(20,21)17-10-15(16(18)19)22-14-5-3-2-4-13(14)17/h2-9,15H,10H2,1H3,(H,18,19)/t15-/m1/s1. The molecule has 0 aliphatic carbocycles. The van der Waals surface area contributed by atoms with Gasteiger partial charge in [-0.05, 0) is 31.2 Å². The van der Waals surface area contributed by atoms with E-state index < -0.39 is 22.1 Å². The molecule has 7 heteroatoms. The number of hydrogen-bond donors (Lipinski definition) is 1. The van der Waals surface area contributed by atoms with Gasteiger partial charge in [0.15, 0.2) is 0 Å². The van der Waals surface area contributed by atoms with Gasteiger partial charge in [0.05, 0.1) is 17.1 Å². The normalized spacial score (nSPS) is 17.3. The second kappa shape index (κ2) is 5.58. The van der Waals surface area contributed by atoms with Crippen molar-refractivity contribution in [2.45, 2.75) is 17.9 Å². The van der Waals surface area contributed by atoms with Gasteiger partial charge in [0.2, 0.25) is 6.10 Å². The summed E-state index contributed by atoms with van der Waals surface area (Å²) in [6.07, 6.45) is -1.25.